The van der Waals surface area contributed by atoms with E-state index in [1.54, 1.807) is 31.0 Å². The fourth-order valence-electron chi connectivity index (χ4n) is 2.62. The molecule has 1 heterocycles. The summed E-state index contributed by atoms with van der Waals surface area (Å²) in [5, 5.41) is 6.49. The SMILES string of the molecule is COCCSc1ccc2c(c1)NC=NC2(Nc1ccc(Cl)cc1F)OC. The summed E-state index contributed by atoms with van der Waals surface area (Å²) in [6, 6.07) is 10.3. The van der Waals surface area contributed by atoms with Crippen LogP contribution >= 0.6 is 23.4 Å². The average Bonchev–Trinajstić information content (AvgIpc) is 2.64. The van der Waals surface area contributed by atoms with Gasteiger partial charge in [-0.2, -0.15) is 0 Å². The third kappa shape index (κ3) is 3.96. The molecule has 0 radical (unpaired) electrons. The molecule has 1 atom stereocenters. The zero-order chi connectivity index (χ0) is 18.6. The van der Waals surface area contributed by atoms with Gasteiger partial charge in [-0.05, 0) is 36.4 Å². The van der Waals surface area contributed by atoms with Crippen molar-refractivity contribution in [1.82, 2.24) is 0 Å². The van der Waals surface area contributed by atoms with Crippen LogP contribution in [-0.2, 0) is 15.3 Å². The summed E-state index contributed by atoms with van der Waals surface area (Å²) >= 11 is 7.52. The Bertz CT molecular complexity index is 821. The number of rotatable bonds is 7. The molecule has 0 fully saturated rings. The topological polar surface area (TPSA) is 54.9 Å². The molecule has 0 aromatic heterocycles. The Balaban J connectivity index is 1.91. The number of aliphatic imine (C=N–C) groups is 1. The molecule has 0 saturated heterocycles. The number of fused-ring (bicyclic) bond motifs is 1. The van der Waals surface area contributed by atoms with Crippen molar-refractivity contribution in [2.75, 3.05) is 37.2 Å². The predicted octanol–water partition coefficient (Wildman–Crippen LogP) is 4.54. The second-order valence-electron chi connectivity index (χ2n) is 5.55. The molecule has 0 saturated carbocycles. The van der Waals surface area contributed by atoms with Gasteiger partial charge in [-0.1, -0.05) is 11.6 Å². The van der Waals surface area contributed by atoms with E-state index in [4.69, 9.17) is 21.1 Å². The summed E-state index contributed by atoms with van der Waals surface area (Å²) in [6.07, 6.45) is 1.54. The highest BCUT2D eigenvalue weighted by Crippen LogP contribution is 2.38. The summed E-state index contributed by atoms with van der Waals surface area (Å²) in [7, 11) is 3.20. The van der Waals surface area contributed by atoms with E-state index in [1.807, 2.05) is 18.2 Å². The lowest BCUT2D eigenvalue weighted by molar-refractivity contribution is 0.0188. The van der Waals surface area contributed by atoms with Crippen molar-refractivity contribution in [1.29, 1.82) is 0 Å². The van der Waals surface area contributed by atoms with Crippen LogP contribution in [0.25, 0.3) is 0 Å². The largest absolute Gasteiger partial charge is 0.384 e. The van der Waals surface area contributed by atoms with E-state index in [9.17, 15) is 4.39 Å². The molecule has 1 unspecified atom stereocenters. The highest BCUT2D eigenvalue weighted by Gasteiger charge is 2.36. The van der Waals surface area contributed by atoms with Gasteiger partial charge in [0.2, 0.25) is 0 Å². The van der Waals surface area contributed by atoms with Crippen LogP contribution in [0.15, 0.2) is 46.3 Å². The molecule has 0 amide bonds. The highest BCUT2D eigenvalue weighted by atomic mass is 35.5. The first-order valence-corrected chi connectivity index (χ1v) is 9.29. The van der Waals surface area contributed by atoms with Crippen LogP contribution in [0.2, 0.25) is 5.02 Å². The third-order valence-electron chi connectivity index (χ3n) is 3.91. The van der Waals surface area contributed by atoms with E-state index in [0.717, 1.165) is 21.9 Å². The molecule has 0 aliphatic carbocycles. The number of methoxy groups -OCH3 is 2. The molecular weight excluding hydrogens is 377 g/mol. The molecule has 0 bridgehead atoms. The van der Waals surface area contributed by atoms with Gasteiger partial charge in [0.1, 0.15) is 5.82 Å². The number of hydrogen-bond donors (Lipinski definition) is 2. The summed E-state index contributed by atoms with van der Waals surface area (Å²) in [6.45, 7) is 0.677. The van der Waals surface area contributed by atoms with Crippen molar-refractivity contribution in [2.24, 2.45) is 4.99 Å². The van der Waals surface area contributed by atoms with E-state index < -0.39 is 11.7 Å². The van der Waals surface area contributed by atoms with Gasteiger partial charge >= 0.3 is 0 Å². The van der Waals surface area contributed by atoms with Crippen molar-refractivity contribution >= 4 is 41.1 Å². The Hall–Kier alpha value is -1.80. The molecule has 138 valence electrons. The van der Waals surface area contributed by atoms with Crippen LogP contribution in [0.5, 0.6) is 0 Å². The first-order chi connectivity index (χ1) is 12.6. The van der Waals surface area contributed by atoms with Gasteiger partial charge in [-0.15, -0.1) is 11.8 Å². The minimum Gasteiger partial charge on any atom is -0.384 e. The molecular formula is C18H19ClFN3O2S. The van der Waals surface area contributed by atoms with Crippen molar-refractivity contribution in [3.8, 4) is 0 Å². The zero-order valence-electron chi connectivity index (χ0n) is 14.4. The molecule has 2 N–H and O–H groups in total. The van der Waals surface area contributed by atoms with Crippen LogP contribution in [0, 0.1) is 5.82 Å². The first kappa shape index (κ1) is 19.0. The number of nitrogens with zero attached hydrogens (tertiary/aromatic N) is 1. The molecule has 2 aromatic carbocycles. The van der Waals surface area contributed by atoms with Crippen LogP contribution in [0.1, 0.15) is 5.56 Å². The Kier molecular flexibility index (Phi) is 6.03. The Morgan fingerprint density at radius 3 is 2.85 bits per heavy atom. The number of nitrogens with one attached hydrogen (secondary N) is 2. The summed E-state index contributed by atoms with van der Waals surface area (Å²) in [4.78, 5) is 5.48. The predicted molar refractivity (Wildman–Crippen MR) is 105 cm³/mol. The van der Waals surface area contributed by atoms with Gasteiger partial charge in [0, 0.05) is 29.9 Å². The Morgan fingerprint density at radius 1 is 1.27 bits per heavy atom. The molecule has 8 heteroatoms. The molecule has 0 spiro atoms. The summed E-state index contributed by atoms with van der Waals surface area (Å²) in [5.74, 6) is -0.853. The average molecular weight is 396 g/mol. The molecule has 26 heavy (non-hydrogen) atoms. The quantitative estimate of drug-likeness (QED) is 0.409. The van der Waals surface area contributed by atoms with Gasteiger partial charge in [-0.25, -0.2) is 9.38 Å². The highest BCUT2D eigenvalue weighted by molar-refractivity contribution is 7.99. The fraction of sp³-hybridized carbons (Fsp3) is 0.278. The fourth-order valence-corrected chi connectivity index (χ4v) is 3.63. The minimum absolute atomic E-state index is 0.250. The van der Waals surface area contributed by atoms with Crippen molar-refractivity contribution in [2.45, 2.75) is 10.7 Å². The number of halogens is 2. The van der Waals surface area contributed by atoms with Crippen LogP contribution in [-0.4, -0.2) is 32.9 Å². The zero-order valence-corrected chi connectivity index (χ0v) is 16.0. The molecule has 5 nitrogen and oxygen atoms in total. The van der Waals surface area contributed by atoms with Crippen LogP contribution in [0.3, 0.4) is 0 Å². The minimum atomic E-state index is -1.23. The van der Waals surface area contributed by atoms with E-state index in [1.165, 1.54) is 19.5 Å². The van der Waals surface area contributed by atoms with Gasteiger partial charge in [0.25, 0.3) is 5.85 Å². The van der Waals surface area contributed by atoms with E-state index >= 15 is 0 Å². The van der Waals surface area contributed by atoms with Crippen LogP contribution in [0.4, 0.5) is 15.8 Å². The first-order valence-electron chi connectivity index (χ1n) is 7.93. The van der Waals surface area contributed by atoms with Crippen molar-refractivity contribution in [3.63, 3.8) is 0 Å². The monoisotopic (exact) mass is 395 g/mol. The number of benzene rings is 2. The van der Waals surface area contributed by atoms with Gasteiger partial charge in [0.05, 0.1) is 29.9 Å². The lowest BCUT2D eigenvalue weighted by atomic mass is 10.1. The smallest absolute Gasteiger partial charge is 0.267 e. The number of ether oxygens (including phenoxy) is 2. The lowest BCUT2D eigenvalue weighted by Gasteiger charge is -2.34. The van der Waals surface area contributed by atoms with Crippen molar-refractivity contribution in [3.05, 3.63) is 52.8 Å². The lowest BCUT2D eigenvalue weighted by Crippen LogP contribution is -2.39. The maximum Gasteiger partial charge on any atom is 0.267 e. The number of hydrogen-bond acceptors (Lipinski definition) is 6. The number of thioether (sulfide) groups is 1. The van der Waals surface area contributed by atoms with Crippen LogP contribution < -0.4 is 10.6 Å². The second-order valence-corrected chi connectivity index (χ2v) is 7.15. The molecule has 1 aliphatic rings. The molecule has 3 rings (SSSR count). The summed E-state index contributed by atoms with van der Waals surface area (Å²) < 4.78 is 25.0. The second kappa shape index (κ2) is 8.26. The van der Waals surface area contributed by atoms with Gasteiger partial charge in [0.15, 0.2) is 0 Å². The van der Waals surface area contributed by atoms with E-state index in [2.05, 4.69) is 15.6 Å². The van der Waals surface area contributed by atoms with Crippen molar-refractivity contribution < 1.29 is 13.9 Å². The normalized spacial score (nSPS) is 18.3. The molecule has 1 aliphatic heterocycles. The summed E-state index contributed by atoms with van der Waals surface area (Å²) in [5.41, 5.74) is 1.85. The molecule has 2 aromatic rings. The third-order valence-corrected chi connectivity index (χ3v) is 5.10. The standard InChI is InChI=1S/C18H19ClFN3O2S/c1-24-7-8-26-13-4-5-14-17(10-13)21-11-22-18(14,25-2)23-16-6-3-12(19)9-15(16)20/h3-6,9-11,23H,7-8H2,1-2H3,(H,21,22). The van der Waals surface area contributed by atoms with Gasteiger partial charge < -0.3 is 20.1 Å². The maximum absolute atomic E-state index is 14.2. The van der Waals surface area contributed by atoms with Gasteiger partial charge in [-0.3, -0.25) is 0 Å². The van der Waals surface area contributed by atoms with E-state index in [-0.39, 0.29) is 5.69 Å². The Morgan fingerprint density at radius 2 is 2.12 bits per heavy atom. The van der Waals surface area contributed by atoms with E-state index in [0.29, 0.717) is 11.6 Å². The Labute approximate surface area is 160 Å². The number of anilines is 2. The maximum atomic E-state index is 14.2.